The number of benzene rings is 1. The molecule has 1 aliphatic heterocycles. The molecule has 1 fully saturated rings. The molecule has 1 unspecified atom stereocenters. The predicted octanol–water partition coefficient (Wildman–Crippen LogP) is 3.22. The Balaban J connectivity index is 2.12. The van der Waals surface area contributed by atoms with Crippen molar-refractivity contribution in [2.24, 2.45) is 5.73 Å². The standard InChI is InChI=1S/C16H23ClN2O2/c1-16(2,3)21-15(20)19-9-8-13(18)14(19)10-11-6-4-5-7-12(11)17/h4-7,13-14H,8-10,18H2,1-3H3/t13-,14?/m1/s1. The number of rotatable bonds is 2. The molecule has 1 aromatic rings. The van der Waals surface area contributed by atoms with Gasteiger partial charge < -0.3 is 15.4 Å². The van der Waals surface area contributed by atoms with Crippen molar-refractivity contribution in [3.8, 4) is 0 Å². The molecule has 116 valence electrons. The van der Waals surface area contributed by atoms with E-state index in [1.165, 1.54) is 0 Å². The molecule has 1 aliphatic rings. The van der Waals surface area contributed by atoms with Crippen LogP contribution in [0.2, 0.25) is 5.02 Å². The highest BCUT2D eigenvalue weighted by Gasteiger charge is 2.37. The lowest BCUT2D eigenvalue weighted by molar-refractivity contribution is 0.0220. The van der Waals surface area contributed by atoms with Crippen LogP contribution in [0.15, 0.2) is 24.3 Å². The van der Waals surface area contributed by atoms with E-state index in [0.29, 0.717) is 18.0 Å². The van der Waals surface area contributed by atoms with E-state index in [0.717, 1.165) is 12.0 Å². The zero-order chi connectivity index (χ0) is 15.6. The molecule has 1 heterocycles. The lowest BCUT2D eigenvalue weighted by Crippen LogP contribution is -2.46. The van der Waals surface area contributed by atoms with Gasteiger partial charge in [0.05, 0.1) is 6.04 Å². The molecule has 0 aliphatic carbocycles. The van der Waals surface area contributed by atoms with Crippen LogP contribution in [0.3, 0.4) is 0 Å². The van der Waals surface area contributed by atoms with Crippen LogP contribution in [0.5, 0.6) is 0 Å². The van der Waals surface area contributed by atoms with Crippen LogP contribution in [0.4, 0.5) is 4.79 Å². The normalized spacial score (nSPS) is 22.4. The van der Waals surface area contributed by atoms with Crippen molar-refractivity contribution < 1.29 is 9.53 Å². The first-order valence-electron chi connectivity index (χ1n) is 7.26. The van der Waals surface area contributed by atoms with Crippen molar-refractivity contribution in [3.63, 3.8) is 0 Å². The van der Waals surface area contributed by atoms with Gasteiger partial charge in [-0.2, -0.15) is 0 Å². The molecule has 0 saturated carbocycles. The monoisotopic (exact) mass is 310 g/mol. The van der Waals surface area contributed by atoms with E-state index in [1.54, 1.807) is 4.90 Å². The molecule has 1 aromatic carbocycles. The van der Waals surface area contributed by atoms with Gasteiger partial charge in [-0.05, 0) is 45.2 Å². The second kappa shape index (κ2) is 6.24. The first-order chi connectivity index (χ1) is 9.78. The first-order valence-corrected chi connectivity index (χ1v) is 7.64. The summed E-state index contributed by atoms with van der Waals surface area (Å²) in [5.41, 5.74) is 6.68. The Morgan fingerprint density at radius 2 is 2.10 bits per heavy atom. The van der Waals surface area contributed by atoms with E-state index in [2.05, 4.69) is 0 Å². The van der Waals surface area contributed by atoms with Crippen LogP contribution in [-0.4, -0.2) is 35.2 Å². The minimum Gasteiger partial charge on any atom is -0.444 e. The predicted molar refractivity (Wildman–Crippen MR) is 84.5 cm³/mol. The van der Waals surface area contributed by atoms with Gasteiger partial charge in [0.2, 0.25) is 0 Å². The van der Waals surface area contributed by atoms with Crippen LogP contribution < -0.4 is 5.73 Å². The molecule has 0 radical (unpaired) electrons. The van der Waals surface area contributed by atoms with Crippen LogP contribution in [0, 0.1) is 0 Å². The molecule has 0 spiro atoms. The smallest absolute Gasteiger partial charge is 0.410 e. The van der Waals surface area contributed by atoms with E-state index in [1.807, 2.05) is 45.0 Å². The van der Waals surface area contributed by atoms with Crippen molar-refractivity contribution in [1.82, 2.24) is 4.90 Å². The Bertz CT molecular complexity index is 513. The number of hydrogen-bond acceptors (Lipinski definition) is 3. The lowest BCUT2D eigenvalue weighted by atomic mass is 10.0. The van der Waals surface area contributed by atoms with Crippen LogP contribution in [0.25, 0.3) is 0 Å². The van der Waals surface area contributed by atoms with Crippen LogP contribution in [-0.2, 0) is 11.2 Å². The van der Waals surface area contributed by atoms with Gasteiger partial charge in [0, 0.05) is 17.6 Å². The summed E-state index contributed by atoms with van der Waals surface area (Å²) in [6.07, 6.45) is 1.14. The number of hydrogen-bond donors (Lipinski definition) is 1. The van der Waals surface area contributed by atoms with Crippen molar-refractivity contribution in [3.05, 3.63) is 34.9 Å². The van der Waals surface area contributed by atoms with E-state index < -0.39 is 5.60 Å². The number of halogens is 1. The summed E-state index contributed by atoms with van der Waals surface area (Å²) in [7, 11) is 0. The fourth-order valence-electron chi connectivity index (χ4n) is 2.58. The molecule has 2 atom stereocenters. The molecule has 1 saturated heterocycles. The second-order valence-electron chi connectivity index (χ2n) is 6.49. The number of amides is 1. The Hall–Kier alpha value is -1.26. The summed E-state index contributed by atoms with van der Waals surface area (Å²) in [5.74, 6) is 0. The highest BCUT2D eigenvalue weighted by molar-refractivity contribution is 6.31. The van der Waals surface area contributed by atoms with Crippen molar-refractivity contribution in [1.29, 1.82) is 0 Å². The quantitative estimate of drug-likeness (QED) is 0.912. The minimum atomic E-state index is -0.501. The Kier molecular flexibility index (Phi) is 4.79. The van der Waals surface area contributed by atoms with Gasteiger partial charge in [0.15, 0.2) is 0 Å². The molecule has 21 heavy (non-hydrogen) atoms. The summed E-state index contributed by atoms with van der Waals surface area (Å²) in [5, 5.41) is 0.709. The van der Waals surface area contributed by atoms with Gasteiger partial charge >= 0.3 is 6.09 Å². The fraction of sp³-hybridized carbons (Fsp3) is 0.562. The van der Waals surface area contributed by atoms with E-state index in [4.69, 9.17) is 22.1 Å². The van der Waals surface area contributed by atoms with E-state index in [9.17, 15) is 4.79 Å². The SMILES string of the molecule is CC(C)(C)OC(=O)N1CC[C@@H](N)C1Cc1ccccc1Cl. The molecule has 2 N–H and O–H groups in total. The molecule has 0 aromatic heterocycles. The highest BCUT2D eigenvalue weighted by atomic mass is 35.5. The average molecular weight is 311 g/mol. The number of carbonyl (C=O) groups excluding carboxylic acids is 1. The third-order valence-electron chi connectivity index (χ3n) is 3.61. The topological polar surface area (TPSA) is 55.6 Å². The number of ether oxygens (including phenoxy) is 1. The molecule has 5 heteroatoms. The van der Waals surface area contributed by atoms with Gasteiger partial charge in [0.1, 0.15) is 5.60 Å². The molecular formula is C16H23ClN2O2. The lowest BCUT2D eigenvalue weighted by Gasteiger charge is -2.30. The largest absolute Gasteiger partial charge is 0.444 e. The summed E-state index contributed by atoms with van der Waals surface area (Å²) in [6, 6.07) is 7.55. The van der Waals surface area contributed by atoms with Crippen LogP contribution in [0.1, 0.15) is 32.8 Å². The summed E-state index contributed by atoms with van der Waals surface area (Å²) < 4.78 is 5.47. The summed E-state index contributed by atoms with van der Waals surface area (Å²) in [4.78, 5) is 14.0. The van der Waals surface area contributed by atoms with E-state index >= 15 is 0 Å². The van der Waals surface area contributed by atoms with Gasteiger partial charge in [0.25, 0.3) is 0 Å². The second-order valence-corrected chi connectivity index (χ2v) is 6.90. The molecule has 0 bridgehead atoms. The summed E-state index contributed by atoms with van der Waals surface area (Å²) >= 11 is 6.21. The maximum absolute atomic E-state index is 12.3. The number of nitrogens with zero attached hydrogens (tertiary/aromatic N) is 1. The van der Waals surface area contributed by atoms with Crippen molar-refractivity contribution in [2.75, 3.05) is 6.54 Å². The summed E-state index contributed by atoms with van der Waals surface area (Å²) in [6.45, 7) is 6.23. The molecule has 2 rings (SSSR count). The number of carbonyl (C=O) groups is 1. The molecule has 4 nitrogen and oxygen atoms in total. The molecule has 1 amide bonds. The Morgan fingerprint density at radius 1 is 1.43 bits per heavy atom. The third-order valence-corrected chi connectivity index (χ3v) is 3.98. The third kappa shape index (κ3) is 4.11. The van der Waals surface area contributed by atoms with Crippen molar-refractivity contribution in [2.45, 2.75) is 51.3 Å². The van der Waals surface area contributed by atoms with Gasteiger partial charge in [-0.1, -0.05) is 29.8 Å². The number of likely N-dealkylation sites (tertiary alicyclic amines) is 1. The first kappa shape index (κ1) is 16.1. The van der Waals surface area contributed by atoms with Gasteiger partial charge in [-0.3, -0.25) is 0 Å². The maximum atomic E-state index is 12.3. The highest BCUT2D eigenvalue weighted by Crippen LogP contribution is 2.26. The fourth-order valence-corrected chi connectivity index (χ4v) is 2.79. The molecular weight excluding hydrogens is 288 g/mol. The van der Waals surface area contributed by atoms with Crippen LogP contribution >= 0.6 is 11.6 Å². The van der Waals surface area contributed by atoms with Crippen molar-refractivity contribution >= 4 is 17.7 Å². The number of nitrogens with two attached hydrogens (primary N) is 1. The Morgan fingerprint density at radius 3 is 2.71 bits per heavy atom. The average Bonchev–Trinajstić information content (AvgIpc) is 2.72. The zero-order valence-electron chi connectivity index (χ0n) is 12.8. The minimum absolute atomic E-state index is 0.0474. The van der Waals surface area contributed by atoms with Gasteiger partial charge in [-0.15, -0.1) is 0 Å². The zero-order valence-corrected chi connectivity index (χ0v) is 13.6. The van der Waals surface area contributed by atoms with E-state index in [-0.39, 0.29) is 18.2 Å². The Labute approximate surface area is 131 Å². The van der Waals surface area contributed by atoms with Gasteiger partial charge in [-0.25, -0.2) is 4.79 Å². The maximum Gasteiger partial charge on any atom is 0.410 e.